The second-order valence-electron chi connectivity index (χ2n) is 7.29. The molecule has 28 heavy (non-hydrogen) atoms. The van der Waals surface area contributed by atoms with Gasteiger partial charge >= 0.3 is 0 Å². The third-order valence-electron chi connectivity index (χ3n) is 5.20. The van der Waals surface area contributed by atoms with Crippen molar-refractivity contribution in [1.29, 1.82) is 0 Å². The molecular formula is C22H21FN2O3. The van der Waals surface area contributed by atoms with Crippen molar-refractivity contribution in [3.63, 3.8) is 0 Å². The van der Waals surface area contributed by atoms with E-state index in [1.54, 1.807) is 35.2 Å². The molecule has 5 nitrogen and oxygen atoms in total. The van der Waals surface area contributed by atoms with E-state index in [9.17, 15) is 18.8 Å². The summed E-state index contributed by atoms with van der Waals surface area (Å²) in [6, 6.07) is 13.2. The normalized spacial score (nSPS) is 15.7. The topological polar surface area (TPSA) is 57.7 Å². The molecule has 1 fully saturated rings. The maximum absolute atomic E-state index is 13.4. The lowest BCUT2D eigenvalue weighted by Gasteiger charge is -2.23. The second-order valence-corrected chi connectivity index (χ2v) is 7.29. The molecule has 2 aliphatic rings. The van der Waals surface area contributed by atoms with Crippen LogP contribution in [-0.4, -0.2) is 40.1 Å². The van der Waals surface area contributed by atoms with E-state index in [2.05, 4.69) is 0 Å². The molecule has 0 saturated heterocycles. The summed E-state index contributed by atoms with van der Waals surface area (Å²) in [4.78, 5) is 40.5. The quantitative estimate of drug-likeness (QED) is 0.692. The maximum Gasteiger partial charge on any atom is 0.261 e. The molecule has 0 atom stereocenters. The molecule has 0 spiro atoms. The lowest BCUT2D eigenvalue weighted by Crippen LogP contribution is -2.34. The Morgan fingerprint density at radius 3 is 2.32 bits per heavy atom. The fourth-order valence-corrected chi connectivity index (χ4v) is 3.61. The first kappa shape index (κ1) is 18.3. The lowest BCUT2D eigenvalue weighted by molar-refractivity contribution is -0.132. The maximum atomic E-state index is 13.4. The summed E-state index contributed by atoms with van der Waals surface area (Å²) in [7, 11) is 0. The van der Waals surface area contributed by atoms with Gasteiger partial charge in [-0.15, -0.1) is 0 Å². The van der Waals surface area contributed by atoms with Crippen LogP contribution in [0.4, 0.5) is 4.39 Å². The Balaban J connectivity index is 1.35. The Hall–Kier alpha value is -3.02. The van der Waals surface area contributed by atoms with Crippen LogP contribution in [0.3, 0.4) is 0 Å². The molecular weight excluding hydrogens is 359 g/mol. The van der Waals surface area contributed by atoms with Crippen molar-refractivity contribution in [2.75, 3.05) is 6.54 Å². The Bertz CT molecular complexity index is 904. The SMILES string of the molecule is O=C1c2ccccc2C(=O)N1CCCC(=O)N(Cc1cccc(F)c1)C1CC1. The van der Waals surface area contributed by atoms with Gasteiger partial charge in [-0.1, -0.05) is 24.3 Å². The summed E-state index contributed by atoms with van der Waals surface area (Å²) in [5, 5.41) is 0. The van der Waals surface area contributed by atoms with Gasteiger partial charge in [-0.2, -0.15) is 0 Å². The Labute approximate surface area is 162 Å². The second kappa shape index (κ2) is 7.54. The van der Waals surface area contributed by atoms with Crippen LogP contribution in [0.2, 0.25) is 0 Å². The van der Waals surface area contributed by atoms with Crippen LogP contribution in [0.1, 0.15) is 52.0 Å². The molecule has 0 unspecified atom stereocenters. The zero-order chi connectivity index (χ0) is 19.7. The largest absolute Gasteiger partial charge is 0.335 e. The highest BCUT2D eigenvalue weighted by molar-refractivity contribution is 6.21. The summed E-state index contributed by atoms with van der Waals surface area (Å²) in [5.74, 6) is -0.937. The van der Waals surface area contributed by atoms with Crippen LogP contribution >= 0.6 is 0 Å². The summed E-state index contributed by atoms with van der Waals surface area (Å²) in [6.07, 6.45) is 2.58. The van der Waals surface area contributed by atoms with Crippen molar-refractivity contribution in [3.05, 3.63) is 71.0 Å². The van der Waals surface area contributed by atoms with E-state index in [0.29, 0.717) is 24.1 Å². The van der Waals surface area contributed by atoms with E-state index in [-0.39, 0.29) is 42.5 Å². The molecule has 0 bridgehead atoms. The van der Waals surface area contributed by atoms with E-state index >= 15 is 0 Å². The van der Waals surface area contributed by atoms with Crippen LogP contribution in [0.15, 0.2) is 48.5 Å². The number of amides is 3. The number of carbonyl (C=O) groups excluding carboxylic acids is 3. The molecule has 1 saturated carbocycles. The molecule has 144 valence electrons. The molecule has 6 heteroatoms. The van der Waals surface area contributed by atoms with E-state index in [4.69, 9.17) is 0 Å². The van der Waals surface area contributed by atoms with Gasteiger partial charge in [0.15, 0.2) is 0 Å². The summed E-state index contributed by atoms with van der Waals surface area (Å²) >= 11 is 0. The molecule has 1 aliphatic heterocycles. The first-order valence-corrected chi connectivity index (χ1v) is 9.54. The first-order chi connectivity index (χ1) is 13.5. The minimum absolute atomic E-state index is 0.0247. The van der Waals surface area contributed by atoms with Gasteiger partial charge in [-0.05, 0) is 49.1 Å². The fraction of sp³-hybridized carbons (Fsp3) is 0.318. The predicted octanol–water partition coefficient (Wildman–Crippen LogP) is 3.39. The molecule has 2 aromatic carbocycles. The van der Waals surface area contributed by atoms with Gasteiger partial charge in [0.1, 0.15) is 5.82 Å². The van der Waals surface area contributed by atoms with Gasteiger partial charge in [0.05, 0.1) is 11.1 Å². The van der Waals surface area contributed by atoms with Crippen molar-refractivity contribution < 1.29 is 18.8 Å². The Kier molecular flexibility index (Phi) is 4.94. The number of nitrogens with zero attached hydrogens (tertiary/aromatic N) is 2. The van der Waals surface area contributed by atoms with Gasteiger partial charge in [0.25, 0.3) is 11.8 Å². The molecule has 0 radical (unpaired) electrons. The highest BCUT2D eigenvalue weighted by atomic mass is 19.1. The summed E-state index contributed by atoms with van der Waals surface area (Å²) in [6.45, 7) is 0.602. The molecule has 3 amide bonds. The minimum Gasteiger partial charge on any atom is -0.335 e. The summed E-state index contributed by atoms with van der Waals surface area (Å²) in [5.41, 5.74) is 1.61. The zero-order valence-electron chi connectivity index (χ0n) is 15.4. The van der Waals surface area contributed by atoms with Crippen LogP contribution < -0.4 is 0 Å². The molecule has 0 aromatic heterocycles. The number of benzene rings is 2. The summed E-state index contributed by atoms with van der Waals surface area (Å²) < 4.78 is 13.4. The number of halogens is 1. The van der Waals surface area contributed by atoms with Crippen molar-refractivity contribution >= 4 is 17.7 Å². The standard InChI is InChI=1S/C22H21FN2O3/c23-16-6-3-5-15(13-16)14-25(17-10-11-17)20(26)9-4-12-24-21(27)18-7-1-2-8-19(18)22(24)28/h1-3,5-8,13,17H,4,9-12,14H2. The van der Waals surface area contributed by atoms with Crippen molar-refractivity contribution in [2.45, 2.75) is 38.3 Å². The number of rotatable bonds is 7. The lowest BCUT2D eigenvalue weighted by atomic mass is 10.1. The van der Waals surface area contributed by atoms with Crippen LogP contribution in [0.25, 0.3) is 0 Å². The smallest absolute Gasteiger partial charge is 0.261 e. The molecule has 1 heterocycles. The number of imide groups is 1. The minimum atomic E-state index is -0.314. The number of hydrogen-bond donors (Lipinski definition) is 0. The van der Waals surface area contributed by atoms with Crippen molar-refractivity contribution in [3.8, 4) is 0 Å². The van der Waals surface area contributed by atoms with Crippen LogP contribution in [0, 0.1) is 5.82 Å². The molecule has 4 rings (SSSR count). The molecule has 0 N–H and O–H groups in total. The fourth-order valence-electron chi connectivity index (χ4n) is 3.61. The highest BCUT2D eigenvalue weighted by Gasteiger charge is 2.35. The van der Waals surface area contributed by atoms with Gasteiger partial charge in [-0.3, -0.25) is 19.3 Å². The van der Waals surface area contributed by atoms with Crippen LogP contribution in [-0.2, 0) is 11.3 Å². The number of carbonyl (C=O) groups is 3. The van der Waals surface area contributed by atoms with Gasteiger partial charge < -0.3 is 4.90 Å². The monoisotopic (exact) mass is 380 g/mol. The average molecular weight is 380 g/mol. The van der Waals surface area contributed by atoms with Gasteiger partial charge in [0.2, 0.25) is 5.91 Å². The van der Waals surface area contributed by atoms with E-state index in [0.717, 1.165) is 18.4 Å². The highest BCUT2D eigenvalue weighted by Crippen LogP contribution is 2.29. The average Bonchev–Trinajstić information content (AvgIpc) is 3.50. The third kappa shape index (κ3) is 3.67. The van der Waals surface area contributed by atoms with Crippen LogP contribution in [0.5, 0.6) is 0 Å². The van der Waals surface area contributed by atoms with E-state index in [1.165, 1.54) is 17.0 Å². The zero-order valence-corrected chi connectivity index (χ0v) is 15.4. The predicted molar refractivity (Wildman–Crippen MR) is 101 cm³/mol. The van der Waals surface area contributed by atoms with E-state index in [1.807, 2.05) is 6.07 Å². The van der Waals surface area contributed by atoms with Gasteiger partial charge in [0, 0.05) is 25.6 Å². The van der Waals surface area contributed by atoms with Crippen molar-refractivity contribution in [1.82, 2.24) is 9.80 Å². The molecule has 1 aliphatic carbocycles. The van der Waals surface area contributed by atoms with Gasteiger partial charge in [-0.25, -0.2) is 4.39 Å². The first-order valence-electron chi connectivity index (χ1n) is 9.54. The van der Waals surface area contributed by atoms with Crippen molar-refractivity contribution in [2.24, 2.45) is 0 Å². The molecule has 2 aromatic rings. The number of hydrogen-bond acceptors (Lipinski definition) is 3. The number of fused-ring (bicyclic) bond motifs is 1. The Morgan fingerprint density at radius 2 is 1.71 bits per heavy atom. The van der Waals surface area contributed by atoms with E-state index < -0.39 is 0 Å². The third-order valence-corrected chi connectivity index (χ3v) is 5.20. The Morgan fingerprint density at radius 1 is 1.04 bits per heavy atom.